The van der Waals surface area contributed by atoms with Crippen LogP contribution in [0, 0.1) is 0 Å². The van der Waals surface area contributed by atoms with Gasteiger partial charge in [0.1, 0.15) is 0 Å². The molecule has 0 spiro atoms. The minimum Gasteiger partial charge on any atom is -0.350 e. The van der Waals surface area contributed by atoms with Crippen LogP contribution in [-0.2, 0) is 15.8 Å². The smallest absolute Gasteiger partial charge is 0.350 e. The first-order valence-corrected chi connectivity index (χ1v) is 7.33. The number of nitrogens with zero attached hydrogens (tertiary/aromatic N) is 1. The second-order valence-electron chi connectivity index (χ2n) is 6.60. The molecule has 1 aromatic rings. The quantitative estimate of drug-likeness (QED) is 0.862. The zero-order valence-electron chi connectivity index (χ0n) is 14.1. The third kappa shape index (κ3) is 7.45. The summed E-state index contributed by atoms with van der Waals surface area (Å²) in [5, 5.41) is 5.15. The molecule has 0 heterocycles. The zero-order chi connectivity index (χ0) is 18.5. The van der Waals surface area contributed by atoms with Crippen LogP contribution in [0.4, 0.5) is 18.9 Å². The average Bonchev–Trinajstić information content (AvgIpc) is 2.34. The highest BCUT2D eigenvalue weighted by Gasteiger charge is 2.30. The lowest BCUT2D eigenvalue weighted by Gasteiger charge is -2.23. The highest BCUT2D eigenvalue weighted by atomic mass is 19.4. The monoisotopic (exact) mass is 345 g/mol. The number of hydrogen-bond donors (Lipinski definition) is 2. The van der Waals surface area contributed by atoms with Crippen LogP contribution in [0.5, 0.6) is 0 Å². The Morgan fingerprint density at radius 1 is 1.08 bits per heavy atom. The molecule has 134 valence electrons. The van der Waals surface area contributed by atoms with E-state index in [2.05, 4.69) is 10.6 Å². The minimum atomic E-state index is -4.47. The topological polar surface area (TPSA) is 61.4 Å². The molecule has 2 amide bonds. The Balaban J connectivity index is 2.56. The summed E-state index contributed by atoms with van der Waals surface area (Å²) in [6.45, 7) is 5.41. The van der Waals surface area contributed by atoms with Crippen molar-refractivity contribution in [2.45, 2.75) is 32.5 Å². The molecule has 0 unspecified atom stereocenters. The van der Waals surface area contributed by atoms with E-state index in [1.165, 1.54) is 17.0 Å². The fourth-order valence-corrected chi connectivity index (χ4v) is 1.98. The Labute approximate surface area is 139 Å². The number of halogens is 3. The molecular formula is C16H22F3N3O2. The predicted molar refractivity (Wildman–Crippen MR) is 85.5 cm³/mol. The molecule has 2 N–H and O–H groups in total. The van der Waals surface area contributed by atoms with Crippen molar-refractivity contribution in [3.05, 3.63) is 29.8 Å². The third-order valence-corrected chi connectivity index (χ3v) is 2.82. The van der Waals surface area contributed by atoms with E-state index in [1.54, 1.807) is 7.05 Å². The van der Waals surface area contributed by atoms with Crippen molar-refractivity contribution >= 4 is 17.5 Å². The first-order chi connectivity index (χ1) is 10.9. The van der Waals surface area contributed by atoms with E-state index in [1.807, 2.05) is 20.8 Å². The SMILES string of the molecule is CN(CC(=O)Nc1cccc(C(F)(F)F)c1)CC(=O)NC(C)(C)C. The van der Waals surface area contributed by atoms with Crippen LogP contribution < -0.4 is 10.6 Å². The Hall–Kier alpha value is -2.09. The van der Waals surface area contributed by atoms with Crippen LogP contribution >= 0.6 is 0 Å². The van der Waals surface area contributed by atoms with E-state index in [9.17, 15) is 22.8 Å². The molecule has 0 aliphatic heterocycles. The summed E-state index contributed by atoms with van der Waals surface area (Å²) < 4.78 is 37.9. The molecule has 5 nitrogen and oxygen atoms in total. The van der Waals surface area contributed by atoms with Crippen LogP contribution in [0.25, 0.3) is 0 Å². The van der Waals surface area contributed by atoms with Crippen molar-refractivity contribution in [1.29, 1.82) is 0 Å². The van der Waals surface area contributed by atoms with Crippen LogP contribution in [-0.4, -0.2) is 42.4 Å². The molecule has 8 heteroatoms. The predicted octanol–water partition coefficient (Wildman–Crippen LogP) is 2.49. The van der Waals surface area contributed by atoms with Crippen LogP contribution in [0.1, 0.15) is 26.3 Å². The van der Waals surface area contributed by atoms with Gasteiger partial charge in [0.15, 0.2) is 0 Å². The maximum atomic E-state index is 12.6. The molecule has 0 saturated heterocycles. The van der Waals surface area contributed by atoms with E-state index in [4.69, 9.17) is 0 Å². The maximum Gasteiger partial charge on any atom is 0.416 e. The normalized spacial score (nSPS) is 12.2. The number of carbonyl (C=O) groups is 2. The largest absolute Gasteiger partial charge is 0.416 e. The lowest BCUT2D eigenvalue weighted by Crippen LogP contribution is -2.46. The molecule has 0 saturated carbocycles. The van der Waals surface area contributed by atoms with Crippen molar-refractivity contribution in [2.24, 2.45) is 0 Å². The lowest BCUT2D eigenvalue weighted by molar-refractivity contribution is -0.137. The van der Waals surface area contributed by atoms with E-state index >= 15 is 0 Å². The average molecular weight is 345 g/mol. The number of hydrogen-bond acceptors (Lipinski definition) is 3. The Morgan fingerprint density at radius 2 is 1.67 bits per heavy atom. The summed E-state index contributed by atoms with van der Waals surface area (Å²) in [6.07, 6.45) is -4.47. The van der Waals surface area contributed by atoms with Gasteiger partial charge in [-0.2, -0.15) is 13.2 Å². The van der Waals surface area contributed by atoms with Crippen LogP contribution in [0.2, 0.25) is 0 Å². The molecule has 0 aromatic heterocycles. The number of nitrogens with one attached hydrogen (secondary N) is 2. The van der Waals surface area contributed by atoms with Crippen molar-refractivity contribution in [3.63, 3.8) is 0 Å². The zero-order valence-corrected chi connectivity index (χ0v) is 14.1. The maximum absolute atomic E-state index is 12.6. The molecule has 0 aliphatic carbocycles. The van der Waals surface area contributed by atoms with Crippen molar-refractivity contribution in [3.8, 4) is 0 Å². The van der Waals surface area contributed by atoms with Gasteiger partial charge in [0.05, 0.1) is 18.7 Å². The molecule has 0 atom stereocenters. The summed E-state index contributed by atoms with van der Waals surface area (Å²) in [7, 11) is 1.58. The van der Waals surface area contributed by atoms with E-state index < -0.39 is 17.6 Å². The molecule has 24 heavy (non-hydrogen) atoms. The standard InChI is InChI=1S/C16H22F3N3O2/c1-15(2,3)21-14(24)10-22(4)9-13(23)20-12-7-5-6-11(8-12)16(17,18)19/h5-8H,9-10H2,1-4H3,(H,20,23)(H,21,24). The number of likely N-dealkylation sites (N-methyl/N-ethyl adjacent to an activating group) is 1. The second-order valence-corrected chi connectivity index (χ2v) is 6.60. The summed E-state index contributed by atoms with van der Waals surface area (Å²) in [5.41, 5.74) is -1.15. The van der Waals surface area contributed by atoms with E-state index in [0.29, 0.717) is 0 Å². The first-order valence-electron chi connectivity index (χ1n) is 7.33. The third-order valence-electron chi connectivity index (χ3n) is 2.82. The summed E-state index contributed by atoms with van der Waals surface area (Å²) in [4.78, 5) is 25.1. The van der Waals surface area contributed by atoms with Gasteiger partial charge in [-0.15, -0.1) is 0 Å². The van der Waals surface area contributed by atoms with Crippen molar-refractivity contribution < 1.29 is 22.8 Å². The number of carbonyl (C=O) groups excluding carboxylic acids is 2. The van der Waals surface area contributed by atoms with Crippen LogP contribution in [0.3, 0.4) is 0 Å². The van der Waals surface area contributed by atoms with Gasteiger partial charge in [-0.25, -0.2) is 0 Å². The van der Waals surface area contributed by atoms with Gasteiger partial charge in [-0.05, 0) is 46.0 Å². The number of amides is 2. The lowest BCUT2D eigenvalue weighted by atomic mass is 10.1. The van der Waals surface area contributed by atoms with Gasteiger partial charge < -0.3 is 10.6 Å². The van der Waals surface area contributed by atoms with Gasteiger partial charge in [-0.3, -0.25) is 14.5 Å². The minimum absolute atomic E-state index is 0.00722. The molecule has 1 aromatic carbocycles. The van der Waals surface area contributed by atoms with Gasteiger partial charge in [-0.1, -0.05) is 6.07 Å². The highest BCUT2D eigenvalue weighted by Crippen LogP contribution is 2.30. The molecule has 1 rings (SSSR count). The Bertz CT molecular complexity index is 595. The second kappa shape index (κ2) is 7.65. The van der Waals surface area contributed by atoms with Gasteiger partial charge in [0.25, 0.3) is 0 Å². The number of benzene rings is 1. The Morgan fingerprint density at radius 3 is 2.21 bits per heavy atom. The fourth-order valence-electron chi connectivity index (χ4n) is 1.98. The fraction of sp³-hybridized carbons (Fsp3) is 0.500. The van der Waals surface area contributed by atoms with Gasteiger partial charge in [0, 0.05) is 11.2 Å². The molecule has 0 radical (unpaired) electrons. The van der Waals surface area contributed by atoms with Crippen molar-refractivity contribution in [1.82, 2.24) is 10.2 Å². The molecule has 0 bridgehead atoms. The summed E-state index contributed by atoms with van der Waals surface area (Å²) >= 11 is 0. The molecular weight excluding hydrogens is 323 g/mol. The van der Waals surface area contributed by atoms with Gasteiger partial charge in [0.2, 0.25) is 11.8 Å². The first kappa shape index (κ1) is 20.0. The van der Waals surface area contributed by atoms with E-state index in [-0.39, 0.29) is 30.2 Å². The van der Waals surface area contributed by atoms with Crippen LogP contribution in [0.15, 0.2) is 24.3 Å². The van der Waals surface area contributed by atoms with Gasteiger partial charge >= 0.3 is 6.18 Å². The summed E-state index contributed by atoms with van der Waals surface area (Å²) in [6, 6.07) is 4.39. The summed E-state index contributed by atoms with van der Waals surface area (Å²) in [5.74, 6) is -0.739. The molecule has 0 aliphatic rings. The highest BCUT2D eigenvalue weighted by molar-refractivity contribution is 5.92. The Kier molecular flexibility index (Phi) is 6.36. The molecule has 0 fully saturated rings. The van der Waals surface area contributed by atoms with Crippen molar-refractivity contribution in [2.75, 3.05) is 25.5 Å². The van der Waals surface area contributed by atoms with E-state index in [0.717, 1.165) is 12.1 Å². The number of anilines is 1. The number of alkyl halides is 3. The number of rotatable bonds is 5.